The molecule has 0 N–H and O–H groups in total. The molecule has 182 valence electrons. The molecule has 1 amide bonds. The first-order valence-electron chi connectivity index (χ1n) is 12.5. The van der Waals surface area contributed by atoms with Crippen molar-refractivity contribution >= 4 is 16.8 Å². The minimum absolute atomic E-state index is 0.0163. The Hall–Kier alpha value is -3.34. The summed E-state index contributed by atoms with van der Waals surface area (Å²) in [5.74, 6) is 0.820. The fourth-order valence-corrected chi connectivity index (χ4v) is 5.02. The van der Waals surface area contributed by atoms with Crippen LogP contribution in [0.5, 0.6) is 5.75 Å². The molecule has 7 nitrogen and oxygen atoms in total. The summed E-state index contributed by atoms with van der Waals surface area (Å²) >= 11 is 0. The van der Waals surface area contributed by atoms with Crippen molar-refractivity contribution in [3.63, 3.8) is 0 Å². The molecular formula is C28H32N4O3. The Kier molecular flexibility index (Phi) is 6.76. The van der Waals surface area contributed by atoms with E-state index < -0.39 is 0 Å². The van der Waals surface area contributed by atoms with Gasteiger partial charge in [-0.3, -0.25) is 4.79 Å². The molecule has 3 aromatic rings. The smallest absolute Gasteiger partial charge is 0.271 e. The zero-order valence-corrected chi connectivity index (χ0v) is 20.4. The maximum Gasteiger partial charge on any atom is 0.271 e. The summed E-state index contributed by atoms with van der Waals surface area (Å²) in [6, 6.07) is 18.1. The van der Waals surface area contributed by atoms with Crippen LogP contribution in [0.2, 0.25) is 0 Å². The molecule has 0 bridgehead atoms. The molecule has 2 aliphatic heterocycles. The van der Waals surface area contributed by atoms with Crippen LogP contribution in [0.25, 0.3) is 16.6 Å². The molecule has 2 aromatic carbocycles. The van der Waals surface area contributed by atoms with Gasteiger partial charge in [-0.1, -0.05) is 0 Å². The molecule has 5 rings (SSSR count). The lowest BCUT2D eigenvalue weighted by molar-refractivity contribution is 0.0298. The van der Waals surface area contributed by atoms with Gasteiger partial charge in [-0.25, -0.2) is 0 Å². The van der Waals surface area contributed by atoms with Crippen molar-refractivity contribution < 1.29 is 14.3 Å². The summed E-state index contributed by atoms with van der Waals surface area (Å²) in [4.78, 5) is 17.9. The van der Waals surface area contributed by atoms with Crippen molar-refractivity contribution in [1.29, 1.82) is 5.26 Å². The second-order valence-electron chi connectivity index (χ2n) is 9.60. The van der Waals surface area contributed by atoms with E-state index in [9.17, 15) is 10.1 Å². The second kappa shape index (κ2) is 10.1. The molecular weight excluding hydrogens is 440 g/mol. The summed E-state index contributed by atoms with van der Waals surface area (Å²) < 4.78 is 13.8. The third-order valence-electron chi connectivity index (χ3n) is 7.05. The quantitative estimate of drug-likeness (QED) is 0.556. The number of morpholine rings is 1. The standard InChI is InChI=1S/C28H32N4O3/c1-20(2)30-11-9-24(10-12-30)35-25-7-8-26-22(17-25)18-27(28(33)31-13-15-34-16-14-31)32(26)23-5-3-21(19-29)4-6-23/h3-8,17-18,20,24H,9-16H2,1-2H3. The van der Waals surface area contributed by atoms with Crippen molar-refractivity contribution in [3.05, 3.63) is 59.8 Å². The molecule has 1 aromatic heterocycles. The second-order valence-corrected chi connectivity index (χ2v) is 9.60. The predicted octanol–water partition coefficient (Wildman–Crippen LogP) is 4.23. The number of hydrogen-bond donors (Lipinski definition) is 0. The molecule has 0 saturated carbocycles. The zero-order chi connectivity index (χ0) is 24.4. The van der Waals surface area contributed by atoms with Gasteiger partial charge in [-0.05, 0) is 75.2 Å². The van der Waals surface area contributed by atoms with E-state index in [1.54, 1.807) is 12.1 Å². The number of aromatic nitrogens is 1. The SMILES string of the molecule is CC(C)N1CCC(Oc2ccc3c(c2)cc(C(=O)N2CCOCC2)n3-c2ccc(C#N)cc2)CC1. The van der Waals surface area contributed by atoms with Crippen molar-refractivity contribution in [2.24, 2.45) is 0 Å². The van der Waals surface area contributed by atoms with E-state index in [0.717, 1.165) is 48.3 Å². The number of carbonyl (C=O) groups is 1. The molecule has 0 radical (unpaired) electrons. The number of carbonyl (C=O) groups excluding carboxylic acids is 1. The number of hydrogen-bond acceptors (Lipinski definition) is 5. The van der Waals surface area contributed by atoms with E-state index in [2.05, 4.69) is 24.8 Å². The van der Waals surface area contributed by atoms with E-state index in [1.165, 1.54) is 0 Å². The molecule has 3 heterocycles. The summed E-state index contributed by atoms with van der Waals surface area (Å²) in [6.45, 7) is 8.85. The molecule has 0 unspecified atom stereocenters. The van der Waals surface area contributed by atoms with Crippen LogP contribution in [-0.4, -0.2) is 71.8 Å². The average molecular weight is 473 g/mol. The van der Waals surface area contributed by atoms with Crippen LogP contribution in [0, 0.1) is 11.3 Å². The molecule has 0 atom stereocenters. The van der Waals surface area contributed by atoms with Gasteiger partial charge in [0.05, 0.1) is 30.4 Å². The Morgan fingerprint density at radius 1 is 1.03 bits per heavy atom. The van der Waals surface area contributed by atoms with Gasteiger partial charge in [0.25, 0.3) is 5.91 Å². The fourth-order valence-electron chi connectivity index (χ4n) is 5.02. The molecule has 0 spiro atoms. The molecule has 2 aliphatic rings. The molecule has 2 fully saturated rings. The number of nitrogens with zero attached hydrogens (tertiary/aromatic N) is 4. The first kappa shape index (κ1) is 23.4. The number of rotatable bonds is 5. The minimum Gasteiger partial charge on any atom is -0.490 e. The van der Waals surface area contributed by atoms with Gasteiger partial charge >= 0.3 is 0 Å². The first-order chi connectivity index (χ1) is 17.0. The number of likely N-dealkylation sites (tertiary alicyclic amines) is 1. The Balaban J connectivity index is 1.47. The largest absolute Gasteiger partial charge is 0.490 e. The summed E-state index contributed by atoms with van der Waals surface area (Å²) in [5, 5.41) is 10.2. The Morgan fingerprint density at radius 3 is 2.40 bits per heavy atom. The average Bonchev–Trinajstić information content (AvgIpc) is 3.28. The Morgan fingerprint density at radius 2 is 1.74 bits per heavy atom. The minimum atomic E-state index is -0.0163. The Bertz CT molecular complexity index is 1230. The maximum atomic E-state index is 13.5. The van der Waals surface area contributed by atoms with Crippen molar-refractivity contribution in [1.82, 2.24) is 14.4 Å². The van der Waals surface area contributed by atoms with Crippen molar-refractivity contribution in [2.75, 3.05) is 39.4 Å². The van der Waals surface area contributed by atoms with Gasteiger partial charge in [0.2, 0.25) is 0 Å². The number of ether oxygens (including phenoxy) is 2. The lowest BCUT2D eigenvalue weighted by Gasteiger charge is -2.34. The molecule has 35 heavy (non-hydrogen) atoms. The fraction of sp³-hybridized carbons (Fsp3) is 0.429. The van der Waals surface area contributed by atoms with Gasteiger partial charge in [-0.15, -0.1) is 0 Å². The summed E-state index contributed by atoms with van der Waals surface area (Å²) in [7, 11) is 0. The van der Waals surface area contributed by atoms with Crippen LogP contribution in [0.1, 0.15) is 42.7 Å². The van der Waals surface area contributed by atoms with Crippen LogP contribution in [0.4, 0.5) is 0 Å². The number of nitriles is 1. The highest BCUT2D eigenvalue weighted by atomic mass is 16.5. The van der Waals surface area contributed by atoms with Gasteiger partial charge in [-0.2, -0.15) is 5.26 Å². The van der Waals surface area contributed by atoms with Gasteiger partial charge in [0.1, 0.15) is 17.5 Å². The zero-order valence-electron chi connectivity index (χ0n) is 20.4. The van der Waals surface area contributed by atoms with E-state index >= 15 is 0 Å². The number of benzene rings is 2. The number of fused-ring (bicyclic) bond motifs is 1. The lowest BCUT2D eigenvalue weighted by Crippen LogP contribution is -2.41. The number of piperidine rings is 1. The van der Waals surface area contributed by atoms with E-state index in [-0.39, 0.29) is 12.0 Å². The van der Waals surface area contributed by atoms with E-state index in [0.29, 0.717) is 43.6 Å². The van der Waals surface area contributed by atoms with E-state index in [4.69, 9.17) is 9.47 Å². The Labute approximate surface area is 206 Å². The molecule has 2 saturated heterocycles. The van der Waals surface area contributed by atoms with Gasteiger partial charge in [0.15, 0.2) is 0 Å². The van der Waals surface area contributed by atoms with E-state index in [1.807, 2.05) is 45.9 Å². The highest BCUT2D eigenvalue weighted by Crippen LogP contribution is 2.30. The summed E-state index contributed by atoms with van der Waals surface area (Å²) in [6.07, 6.45) is 2.24. The maximum absolute atomic E-state index is 13.5. The van der Waals surface area contributed by atoms with Crippen LogP contribution in [0.3, 0.4) is 0 Å². The van der Waals surface area contributed by atoms with Gasteiger partial charge < -0.3 is 23.8 Å². The molecule has 0 aliphatic carbocycles. The number of amides is 1. The topological polar surface area (TPSA) is 70.7 Å². The highest BCUT2D eigenvalue weighted by Gasteiger charge is 2.25. The van der Waals surface area contributed by atoms with Crippen LogP contribution < -0.4 is 4.74 Å². The third kappa shape index (κ3) is 4.90. The normalized spacial score (nSPS) is 17.6. The van der Waals surface area contributed by atoms with Crippen molar-refractivity contribution in [3.8, 4) is 17.5 Å². The van der Waals surface area contributed by atoms with Crippen LogP contribution in [0.15, 0.2) is 48.5 Å². The monoisotopic (exact) mass is 472 g/mol. The lowest BCUT2D eigenvalue weighted by atomic mass is 10.1. The van der Waals surface area contributed by atoms with Crippen LogP contribution >= 0.6 is 0 Å². The van der Waals surface area contributed by atoms with Crippen molar-refractivity contribution in [2.45, 2.75) is 38.8 Å². The van der Waals surface area contributed by atoms with Gasteiger partial charge in [0, 0.05) is 43.3 Å². The third-order valence-corrected chi connectivity index (χ3v) is 7.05. The van der Waals surface area contributed by atoms with Crippen LogP contribution in [-0.2, 0) is 4.74 Å². The molecule has 7 heteroatoms. The first-order valence-corrected chi connectivity index (χ1v) is 12.5. The summed E-state index contributed by atoms with van der Waals surface area (Å²) in [5.41, 5.74) is 2.98. The highest BCUT2D eigenvalue weighted by molar-refractivity contribution is 6.00. The predicted molar refractivity (Wildman–Crippen MR) is 135 cm³/mol.